The third-order valence-corrected chi connectivity index (χ3v) is 2.49. The van der Waals surface area contributed by atoms with Gasteiger partial charge in [0.05, 0.1) is 12.1 Å². The molecule has 4 nitrogen and oxygen atoms in total. The van der Waals surface area contributed by atoms with Crippen LogP contribution >= 0.6 is 0 Å². The topological polar surface area (TPSA) is 61.4 Å². The Kier molecular flexibility index (Phi) is 9.24. The zero-order valence-electron chi connectivity index (χ0n) is 10.8. The quantitative estimate of drug-likeness (QED) is 0.519. The van der Waals surface area contributed by atoms with Crippen molar-refractivity contribution in [2.24, 2.45) is 0 Å². The molecule has 0 aromatic rings. The maximum absolute atomic E-state index is 11.5. The van der Waals surface area contributed by atoms with Gasteiger partial charge >= 0.3 is 0 Å². The average Bonchev–Trinajstić information content (AvgIpc) is 2.23. The minimum atomic E-state index is -0.313. The fourth-order valence-corrected chi connectivity index (χ4v) is 1.34. The Morgan fingerprint density at radius 1 is 1.25 bits per heavy atom. The predicted molar refractivity (Wildman–Crippen MR) is 66.3 cm³/mol. The van der Waals surface area contributed by atoms with Gasteiger partial charge in [-0.15, -0.1) is 0 Å². The summed E-state index contributed by atoms with van der Waals surface area (Å²) >= 11 is 0. The zero-order valence-corrected chi connectivity index (χ0v) is 10.8. The maximum atomic E-state index is 11.5. The van der Waals surface area contributed by atoms with E-state index in [1.165, 1.54) is 0 Å². The number of aliphatic hydroxyl groups is 1. The summed E-state index contributed by atoms with van der Waals surface area (Å²) < 4.78 is 0. The number of carbonyl (C=O) groups excluding carboxylic acids is 1. The summed E-state index contributed by atoms with van der Waals surface area (Å²) in [6, 6.07) is -0.180. The molecule has 16 heavy (non-hydrogen) atoms. The lowest BCUT2D eigenvalue weighted by Crippen LogP contribution is -2.43. The van der Waals surface area contributed by atoms with E-state index in [0.29, 0.717) is 13.0 Å². The van der Waals surface area contributed by atoms with Crippen LogP contribution in [0.2, 0.25) is 0 Å². The Morgan fingerprint density at radius 2 is 1.94 bits per heavy atom. The SMILES string of the molecule is CCCCCNC(=O)C(C)NCCC(C)O. The molecule has 0 aromatic heterocycles. The number of rotatable bonds is 9. The lowest BCUT2D eigenvalue weighted by atomic mass is 10.2. The van der Waals surface area contributed by atoms with Gasteiger partial charge in [0.25, 0.3) is 0 Å². The monoisotopic (exact) mass is 230 g/mol. The molecule has 0 saturated heterocycles. The van der Waals surface area contributed by atoms with Crippen molar-refractivity contribution >= 4 is 5.91 Å². The number of hydrogen-bond acceptors (Lipinski definition) is 3. The van der Waals surface area contributed by atoms with E-state index in [-0.39, 0.29) is 18.1 Å². The first-order valence-electron chi connectivity index (χ1n) is 6.27. The minimum Gasteiger partial charge on any atom is -0.393 e. The molecule has 0 radical (unpaired) electrons. The van der Waals surface area contributed by atoms with Gasteiger partial charge in [0.1, 0.15) is 0 Å². The maximum Gasteiger partial charge on any atom is 0.236 e. The summed E-state index contributed by atoms with van der Waals surface area (Å²) in [6.45, 7) is 7.16. The second-order valence-corrected chi connectivity index (χ2v) is 4.31. The van der Waals surface area contributed by atoms with Gasteiger partial charge < -0.3 is 15.7 Å². The summed E-state index contributed by atoms with van der Waals surface area (Å²) in [4.78, 5) is 11.5. The van der Waals surface area contributed by atoms with E-state index in [9.17, 15) is 4.79 Å². The molecular weight excluding hydrogens is 204 g/mol. The molecule has 3 N–H and O–H groups in total. The molecule has 0 heterocycles. The highest BCUT2D eigenvalue weighted by Gasteiger charge is 2.10. The van der Waals surface area contributed by atoms with Crippen LogP contribution < -0.4 is 10.6 Å². The summed E-state index contributed by atoms with van der Waals surface area (Å²) in [5, 5.41) is 15.0. The van der Waals surface area contributed by atoms with Crippen LogP contribution in [-0.4, -0.2) is 36.2 Å². The lowest BCUT2D eigenvalue weighted by Gasteiger charge is -2.14. The number of aliphatic hydroxyl groups excluding tert-OH is 1. The van der Waals surface area contributed by atoms with Gasteiger partial charge in [-0.3, -0.25) is 4.79 Å². The third-order valence-electron chi connectivity index (χ3n) is 2.49. The van der Waals surface area contributed by atoms with Gasteiger partial charge in [0.2, 0.25) is 5.91 Å². The molecule has 0 aliphatic rings. The normalized spacial score (nSPS) is 14.5. The van der Waals surface area contributed by atoms with Crippen LogP contribution in [0.15, 0.2) is 0 Å². The number of hydrogen-bond donors (Lipinski definition) is 3. The smallest absolute Gasteiger partial charge is 0.236 e. The summed E-state index contributed by atoms with van der Waals surface area (Å²) in [5.41, 5.74) is 0. The molecule has 0 fully saturated rings. The molecule has 0 aromatic carbocycles. The third kappa shape index (κ3) is 8.68. The van der Waals surface area contributed by atoms with Crippen molar-refractivity contribution in [3.8, 4) is 0 Å². The second kappa shape index (κ2) is 9.60. The highest BCUT2D eigenvalue weighted by atomic mass is 16.3. The van der Waals surface area contributed by atoms with Crippen LogP contribution in [0, 0.1) is 0 Å². The minimum absolute atomic E-state index is 0.0432. The number of unbranched alkanes of at least 4 members (excludes halogenated alkanes) is 2. The molecule has 1 amide bonds. The zero-order chi connectivity index (χ0) is 12.4. The van der Waals surface area contributed by atoms with E-state index in [1.807, 2.05) is 6.92 Å². The van der Waals surface area contributed by atoms with Crippen molar-refractivity contribution in [1.82, 2.24) is 10.6 Å². The van der Waals surface area contributed by atoms with Crippen molar-refractivity contribution in [2.45, 2.75) is 58.6 Å². The highest BCUT2D eigenvalue weighted by Crippen LogP contribution is 1.92. The van der Waals surface area contributed by atoms with Crippen molar-refractivity contribution in [3.63, 3.8) is 0 Å². The second-order valence-electron chi connectivity index (χ2n) is 4.31. The van der Waals surface area contributed by atoms with Gasteiger partial charge in [0, 0.05) is 6.54 Å². The van der Waals surface area contributed by atoms with Crippen LogP contribution in [0.3, 0.4) is 0 Å². The van der Waals surface area contributed by atoms with E-state index < -0.39 is 0 Å². The van der Waals surface area contributed by atoms with Crippen molar-refractivity contribution in [3.05, 3.63) is 0 Å². The summed E-state index contributed by atoms with van der Waals surface area (Å²) in [6.07, 6.45) is 3.73. The summed E-state index contributed by atoms with van der Waals surface area (Å²) in [7, 11) is 0. The Balaban J connectivity index is 3.49. The first-order chi connectivity index (χ1) is 7.57. The molecule has 4 heteroatoms. The fraction of sp³-hybridized carbons (Fsp3) is 0.917. The van der Waals surface area contributed by atoms with Crippen molar-refractivity contribution < 1.29 is 9.90 Å². The number of amides is 1. The van der Waals surface area contributed by atoms with E-state index in [1.54, 1.807) is 6.92 Å². The Labute approximate surface area is 98.8 Å². The molecule has 2 unspecified atom stereocenters. The van der Waals surface area contributed by atoms with Gasteiger partial charge in [-0.2, -0.15) is 0 Å². The molecule has 0 saturated carbocycles. The first kappa shape index (κ1) is 15.4. The van der Waals surface area contributed by atoms with E-state index >= 15 is 0 Å². The Morgan fingerprint density at radius 3 is 2.50 bits per heavy atom. The Bertz CT molecular complexity index is 184. The van der Waals surface area contributed by atoms with Crippen molar-refractivity contribution in [1.29, 1.82) is 0 Å². The molecular formula is C12H26N2O2. The molecule has 0 rings (SSSR count). The lowest BCUT2D eigenvalue weighted by molar-refractivity contribution is -0.122. The first-order valence-corrected chi connectivity index (χ1v) is 6.27. The predicted octanol–water partition coefficient (Wildman–Crippen LogP) is 1.04. The molecule has 0 spiro atoms. The van der Waals surface area contributed by atoms with Crippen LogP contribution in [0.5, 0.6) is 0 Å². The van der Waals surface area contributed by atoms with Crippen molar-refractivity contribution in [2.75, 3.05) is 13.1 Å². The summed E-state index contributed by atoms with van der Waals surface area (Å²) in [5.74, 6) is 0.0432. The van der Waals surface area contributed by atoms with E-state index in [4.69, 9.17) is 5.11 Å². The van der Waals surface area contributed by atoms with Crippen LogP contribution in [0.4, 0.5) is 0 Å². The van der Waals surface area contributed by atoms with Gasteiger partial charge in [-0.25, -0.2) is 0 Å². The largest absolute Gasteiger partial charge is 0.393 e. The molecule has 0 aliphatic heterocycles. The molecule has 0 aliphatic carbocycles. The number of carbonyl (C=O) groups is 1. The van der Waals surface area contributed by atoms with Gasteiger partial charge in [0.15, 0.2) is 0 Å². The Hall–Kier alpha value is -0.610. The average molecular weight is 230 g/mol. The van der Waals surface area contributed by atoms with E-state index in [0.717, 1.165) is 25.8 Å². The van der Waals surface area contributed by atoms with E-state index in [2.05, 4.69) is 17.6 Å². The molecule has 2 atom stereocenters. The standard InChI is InChI=1S/C12H26N2O2/c1-4-5-6-8-14-12(16)11(3)13-9-7-10(2)15/h10-11,13,15H,4-9H2,1-3H3,(H,14,16). The highest BCUT2D eigenvalue weighted by molar-refractivity contribution is 5.81. The van der Waals surface area contributed by atoms with Gasteiger partial charge in [-0.05, 0) is 33.2 Å². The van der Waals surface area contributed by atoms with Gasteiger partial charge in [-0.1, -0.05) is 19.8 Å². The van der Waals surface area contributed by atoms with Crippen LogP contribution in [0.1, 0.15) is 46.5 Å². The molecule has 96 valence electrons. The number of nitrogens with one attached hydrogen (secondary N) is 2. The molecule has 0 bridgehead atoms. The van der Waals surface area contributed by atoms with Crippen LogP contribution in [0.25, 0.3) is 0 Å². The fourth-order valence-electron chi connectivity index (χ4n) is 1.34. The van der Waals surface area contributed by atoms with Crippen LogP contribution in [-0.2, 0) is 4.79 Å².